The third-order valence-corrected chi connectivity index (χ3v) is 6.57. The van der Waals surface area contributed by atoms with Crippen LogP contribution < -0.4 is 5.69 Å². The van der Waals surface area contributed by atoms with Crippen LogP contribution >= 0.6 is 0 Å². The van der Waals surface area contributed by atoms with Gasteiger partial charge >= 0.3 is 5.69 Å². The van der Waals surface area contributed by atoms with E-state index in [1.807, 2.05) is 63.2 Å². The predicted molar refractivity (Wildman–Crippen MR) is 145 cm³/mol. The molecular formula is C29H30FN7O. The topological polar surface area (TPSA) is 94.3 Å². The summed E-state index contributed by atoms with van der Waals surface area (Å²) in [6.07, 6.45) is 5.06. The molecule has 0 bridgehead atoms. The minimum atomic E-state index is -0.405. The summed E-state index contributed by atoms with van der Waals surface area (Å²) < 4.78 is 18.4. The third kappa shape index (κ3) is 4.79. The van der Waals surface area contributed by atoms with Crippen LogP contribution in [-0.4, -0.2) is 34.7 Å². The van der Waals surface area contributed by atoms with E-state index in [1.54, 1.807) is 23.0 Å². The molecule has 8 nitrogen and oxygen atoms in total. The Morgan fingerprint density at radius 2 is 1.82 bits per heavy atom. The summed E-state index contributed by atoms with van der Waals surface area (Å²) in [5, 5.41) is 14.2. The summed E-state index contributed by atoms with van der Waals surface area (Å²) in [4.78, 5) is 18.1. The number of aromatic nitrogens is 7. The molecule has 0 amide bonds. The van der Waals surface area contributed by atoms with Crippen molar-refractivity contribution in [3.8, 4) is 28.3 Å². The Morgan fingerprint density at radius 3 is 2.50 bits per heavy atom. The maximum Gasteiger partial charge on any atom is 0.333 e. The molecule has 9 heteroatoms. The molecule has 0 aliphatic rings. The number of tetrazole rings is 1. The van der Waals surface area contributed by atoms with Crippen molar-refractivity contribution in [3.63, 3.8) is 0 Å². The van der Waals surface area contributed by atoms with E-state index >= 15 is 4.39 Å². The van der Waals surface area contributed by atoms with E-state index in [9.17, 15) is 4.79 Å². The van der Waals surface area contributed by atoms with Gasteiger partial charge in [-0.25, -0.2) is 9.18 Å². The molecular weight excluding hydrogens is 481 g/mol. The van der Waals surface area contributed by atoms with Gasteiger partial charge < -0.3 is 0 Å². The van der Waals surface area contributed by atoms with Crippen LogP contribution in [0.1, 0.15) is 50.9 Å². The fourth-order valence-corrected chi connectivity index (χ4v) is 4.73. The first-order valence-electron chi connectivity index (χ1n) is 12.7. The molecule has 5 rings (SSSR count). The first kappa shape index (κ1) is 25.3. The van der Waals surface area contributed by atoms with Crippen molar-refractivity contribution in [1.82, 2.24) is 34.7 Å². The predicted octanol–water partition coefficient (Wildman–Crippen LogP) is 5.32. The molecule has 0 aliphatic heterocycles. The van der Waals surface area contributed by atoms with Gasteiger partial charge in [0, 0.05) is 23.7 Å². The molecule has 5 aromatic rings. The fraction of sp³-hybridized carbons (Fsp3) is 0.276. The number of benzene rings is 2. The Morgan fingerprint density at radius 1 is 1.03 bits per heavy atom. The molecule has 0 fully saturated rings. The van der Waals surface area contributed by atoms with Crippen LogP contribution in [0.15, 0.2) is 71.8 Å². The number of nitrogens with one attached hydrogen (secondary N) is 1. The number of rotatable bonds is 7. The van der Waals surface area contributed by atoms with E-state index in [-0.39, 0.29) is 11.1 Å². The zero-order valence-corrected chi connectivity index (χ0v) is 21.9. The maximum absolute atomic E-state index is 15.2. The summed E-state index contributed by atoms with van der Waals surface area (Å²) in [6.45, 7) is 8.52. The smallest absolute Gasteiger partial charge is 0.292 e. The zero-order chi connectivity index (χ0) is 26.9. The van der Waals surface area contributed by atoms with Crippen molar-refractivity contribution in [3.05, 3.63) is 100 Å². The first-order valence-corrected chi connectivity index (χ1v) is 12.7. The van der Waals surface area contributed by atoms with Gasteiger partial charge in [-0.15, -0.1) is 10.2 Å². The van der Waals surface area contributed by atoms with E-state index in [0.717, 1.165) is 34.4 Å². The van der Waals surface area contributed by atoms with Gasteiger partial charge in [-0.3, -0.25) is 14.1 Å². The molecule has 0 aliphatic carbocycles. The summed E-state index contributed by atoms with van der Waals surface area (Å²) in [5.74, 6) is 0.0162. The fourth-order valence-electron chi connectivity index (χ4n) is 4.73. The standard InChI is InChI=1S/C29H30FN7O/c1-5-8-21-18-37(26-23(29(2,3)4)10-6-11-24(26)30)28(38)36(21)17-19-12-14-20(15-13-19)22-9-7-16-31-25(22)27-32-34-35-33-27/h6-7,9-16,18H,5,8,17H2,1-4H3,(H,32,33,34,35). The third-order valence-electron chi connectivity index (χ3n) is 6.57. The van der Waals surface area contributed by atoms with Crippen LogP contribution in [0.3, 0.4) is 0 Å². The number of H-pyrrole nitrogens is 1. The maximum atomic E-state index is 15.2. The van der Waals surface area contributed by atoms with Crippen LogP contribution in [0.5, 0.6) is 0 Å². The number of hydrogen-bond donors (Lipinski definition) is 1. The van der Waals surface area contributed by atoms with Crippen LogP contribution in [0.2, 0.25) is 0 Å². The summed E-state index contributed by atoms with van der Waals surface area (Å²) in [7, 11) is 0. The van der Waals surface area contributed by atoms with Crippen LogP contribution in [0, 0.1) is 5.82 Å². The van der Waals surface area contributed by atoms with Crippen molar-refractivity contribution >= 4 is 0 Å². The molecule has 194 valence electrons. The number of aryl methyl sites for hydroxylation is 1. The van der Waals surface area contributed by atoms with Crippen molar-refractivity contribution in [2.75, 3.05) is 0 Å². The van der Waals surface area contributed by atoms with Crippen LogP contribution in [0.4, 0.5) is 4.39 Å². The van der Waals surface area contributed by atoms with Gasteiger partial charge in [0.05, 0.1) is 12.2 Å². The van der Waals surface area contributed by atoms with Crippen molar-refractivity contribution in [2.24, 2.45) is 0 Å². The lowest BCUT2D eigenvalue weighted by atomic mass is 9.85. The van der Waals surface area contributed by atoms with E-state index in [1.165, 1.54) is 10.6 Å². The van der Waals surface area contributed by atoms with E-state index in [4.69, 9.17) is 0 Å². The van der Waals surface area contributed by atoms with E-state index < -0.39 is 5.82 Å². The second kappa shape index (κ2) is 10.2. The van der Waals surface area contributed by atoms with Gasteiger partial charge in [-0.05, 0) is 45.9 Å². The second-order valence-corrected chi connectivity index (χ2v) is 10.3. The highest BCUT2D eigenvalue weighted by molar-refractivity contribution is 5.77. The Hall–Kier alpha value is -4.40. The molecule has 0 saturated carbocycles. The SMILES string of the molecule is CCCc1cn(-c2c(F)cccc2C(C)(C)C)c(=O)n1Cc1ccc(-c2cccnc2-c2nn[nH]n2)cc1. The Kier molecular flexibility index (Phi) is 6.75. The number of halogens is 1. The normalized spacial score (nSPS) is 11.7. The van der Waals surface area contributed by atoms with E-state index in [2.05, 4.69) is 32.5 Å². The molecule has 0 atom stereocenters. The number of nitrogens with zero attached hydrogens (tertiary/aromatic N) is 6. The van der Waals surface area contributed by atoms with Gasteiger partial charge in [-0.2, -0.15) is 5.21 Å². The van der Waals surface area contributed by atoms with Crippen molar-refractivity contribution in [2.45, 2.75) is 52.5 Å². The highest BCUT2D eigenvalue weighted by Crippen LogP contribution is 2.31. The van der Waals surface area contributed by atoms with Crippen LogP contribution in [0.25, 0.3) is 28.3 Å². The van der Waals surface area contributed by atoms with Gasteiger partial charge in [0.1, 0.15) is 11.5 Å². The lowest BCUT2D eigenvalue weighted by molar-refractivity contribution is 0.560. The molecule has 0 saturated heterocycles. The largest absolute Gasteiger partial charge is 0.333 e. The summed E-state index contributed by atoms with van der Waals surface area (Å²) in [5.41, 5.74) is 4.82. The van der Waals surface area contributed by atoms with Crippen molar-refractivity contribution in [1.29, 1.82) is 0 Å². The van der Waals surface area contributed by atoms with Gasteiger partial charge in [0.25, 0.3) is 0 Å². The number of aromatic amines is 1. The van der Waals surface area contributed by atoms with Gasteiger partial charge in [-0.1, -0.05) is 76.6 Å². The lowest BCUT2D eigenvalue weighted by Gasteiger charge is -2.23. The number of pyridine rings is 1. The minimum Gasteiger partial charge on any atom is -0.292 e. The Bertz CT molecular complexity index is 1610. The molecule has 3 aromatic heterocycles. The molecule has 2 aromatic carbocycles. The molecule has 1 N–H and O–H groups in total. The first-order chi connectivity index (χ1) is 18.3. The quantitative estimate of drug-likeness (QED) is 0.319. The minimum absolute atomic E-state index is 0.250. The molecule has 0 radical (unpaired) electrons. The molecule has 0 spiro atoms. The molecule has 0 unspecified atom stereocenters. The van der Waals surface area contributed by atoms with E-state index in [0.29, 0.717) is 30.2 Å². The zero-order valence-electron chi connectivity index (χ0n) is 21.9. The number of imidazole rings is 1. The summed E-state index contributed by atoms with van der Waals surface area (Å²) >= 11 is 0. The van der Waals surface area contributed by atoms with Gasteiger partial charge in [0.2, 0.25) is 5.82 Å². The Balaban J connectivity index is 1.52. The Labute approximate surface area is 220 Å². The highest BCUT2D eigenvalue weighted by Gasteiger charge is 2.24. The molecule has 38 heavy (non-hydrogen) atoms. The highest BCUT2D eigenvalue weighted by atomic mass is 19.1. The average molecular weight is 512 g/mol. The molecule has 3 heterocycles. The van der Waals surface area contributed by atoms with Crippen molar-refractivity contribution < 1.29 is 4.39 Å². The number of hydrogen-bond acceptors (Lipinski definition) is 5. The van der Waals surface area contributed by atoms with Gasteiger partial charge in [0.15, 0.2) is 0 Å². The monoisotopic (exact) mass is 511 g/mol. The number of para-hydroxylation sites is 1. The second-order valence-electron chi connectivity index (χ2n) is 10.3. The lowest BCUT2D eigenvalue weighted by Crippen LogP contribution is -2.27. The average Bonchev–Trinajstić information content (AvgIpc) is 3.54. The van der Waals surface area contributed by atoms with Crippen LogP contribution in [-0.2, 0) is 18.4 Å². The summed E-state index contributed by atoms with van der Waals surface area (Å²) in [6, 6.07) is 16.8.